The normalized spacial score (nSPS) is 10.0. The number of aromatic nitrogens is 2. The van der Waals surface area contributed by atoms with Crippen molar-refractivity contribution in [1.29, 1.82) is 0 Å². The molecule has 0 aliphatic rings. The molecule has 72 valence electrons. The zero-order chi connectivity index (χ0) is 9.68. The van der Waals surface area contributed by atoms with Gasteiger partial charge >= 0.3 is 0 Å². The Kier molecular flexibility index (Phi) is 3.89. The van der Waals surface area contributed by atoms with Crippen LogP contribution >= 0.6 is 11.5 Å². The summed E-state index contributed by atoms with van der Waals surface area (Å²) < 4.78 is 4.22. The summed E-state index contributed by atoms with van der Waals surface area (Å²) in [5, 5.41) is 4.06. The van der Waals surface area contributed by atoms with Crippen LogP contribution in [0.3, 0.4) is 0 Å². The van der Waals surface area contributed by atoms with Gasteiger partial charge in [-0.1, -0.05) is 19.1 Å². The number of hydrogen-bond donors (Lipinski definition) is 1. The van der Waals surface area contributed by atoms with Crippen LogP contribution in [-0.4, -0.2) is 15.9 Å². The molecule has 0 spiro atoms. The van der Waals surface area contributed by atoms with E-state index in [-0.39, 0.29) is 0 Å². The SMILES string of the molecule is C=C(C)CNc1nc(CCC)ns1. The van der Waals surface area contributed by atoms with Gasteiger partial charge in [0, 0.05) is 24.5 Å². The summed E-state index contributed by atoms with van der Waals surface area (Å²) >= 11 is 1.42. The van der Waals surface area contributed by atoms with Crippen molar-refractivity contribution in [2.45, 2.75) is 26.7 Å². The molecule has 3 nitrogen and oxygen atoms in total. The highest BCUT2D eigenvalue weighted by atomic mass is 32.1. The first kappa shape index (κ1) is 10.2. The van der Waals surface area contributed by atoms with Crippen molar-refractivity contribution in [3.8, 4) is 0 Å². The van der Waals surface area contributed by atoms with E-state index in [1.165, 1.54) is 11.5 Å². The minimum atomic E-state index is 0.779. The first-order valence-electron chi connectivity index (χ1n) is 4.43. The van der Waals surface area contributed by atoms with Crippen molar-refractivity contribution in [3.63, 3.8) is 0 Å². The van der Waals surface area contributed by atoms with Gasteiger partial charge in [0.1, 0.15) is 5.82 Å². The molecule has 0 aliphatic heterocycles. The summed E-state index contributed by atoms with van der Waals surface area (Å²) in [4.78, 5) is 4.33. The predicted octanol–water partition coefficient (Wildman–Crippen LogP) is 2.48. The van der Waals surface area contributed by atoms with Crippen LogP contribution in [0.15, 0.2) is 12.2 Å². The lowest BCUT2D eigenvalue weighted by atomic mass is 10.3. The van der Waals surface area contributed by atoms with Crippen molar-refractivity contribution in [3.05, 3.63) is 18.0 Å². The Morgan fingerprint density at radius 1 is 1.62 bits per heavy atom. The molecule has 1 aromatic heterocycles. The van der Waals surface area contributed by atoms with Crippen LogP contribution in [-0.2, 0) is 6.42 Å². The Morgan fingerprint density at radius 2 is 2.38 bits per heavy atom. The molecule has 0 unspecified atom stereocenters. The van der Waals surface area contributed by atoms with Crippen LogP contribution < -0.4 is 5.32 Å². The first-order valence-corrected chi connectivity index (χ1v) is 5.20. The minimum Gasteiger partial charge on any atom is -0.357 e. The lowest BCUT2D eigenvalue weighted by Gasteiger charge is -1.98. The molecule has 4 heteroatoms. The van der Waals surface area contributed by atoms with Gasteiger partial charge in [-0.05, 0) is 13.3 Å². The van der Waals surface area contributed by atoms with E-state index >= 15 is 0 Å². The van der Waals surface area contributed by atoms with E-state index in [9.17, 15) is 0 Å². The van der Waals surface area contributed by atoms with E-state index < -0.39 is 0 Å². The van der Waals surface area contributed by atoms with E-state index in [1.54, 1.807) is 0 Å². The number of aryl methyl sites for hydroxylation is 1. The molecule has 0 aromatic carbocycles. The maximum Gasteiger partial charge on any atom is 0.202 e. The fourth-order valence-electron chi connectivity index (χ4n) is 0.877. The molecule has 0 atom stereocenters. The van der Waals surface area contributed by atoms with E-state index in [0.717, 1.165) is 35.9 Å². The monoisotopic (exact) mass is 197 g/mol. The van der Waals surface area contributed by atoms with Crippen LogP contribution in [0.4, 0.5) is 5.13 Å². The smallest absolute Gasteiger partial charge is 0.202 e. The van der Waals surface area contributed by atoms with E-state index in [2.05, 4.69) is 28.2 Å². The summed E-state index contributed by atoms with van der Waals surface area (Å²) in [6.07, 6.45) is 2.06. The Labute approximate surface area is 83.1 Å². The first-order chi connectivity index (χ1) is 6.22. The van der Waals surface area contributed by atoms with Gasteiger partial charge < -0.3 is 5.32 Å². The van der Waals surface area contributed by atoms with Crippen molar-refractivity contribution < 1.29 is 0 Å². The third kappa shape index (κ3) is 3.55. The molecule has 0 aliphatic carbocycles. The van der Waals surface area contributed by atoms with Crippen LogP contribution in [0.2, 0.25) is 0 Å². The number of rotatable bonds is 5. The molecule has 0 radical (unpaired) electrons. The zero-order valence-corrected chi connectivity index (χ0v) is 8.95. The molecular formula is C9H15N3S. The maximum absolute atomic E-state index is 4.33. The fourth-order valence-corrected chi connectivity index (χ4v) is 1.48. The molecule has 1 rings (SSSR count). The average molecular weight is 197 g/mol. The van der Waals surface area contributed by atoms with Gasteiger partial charge in [-0.25, -0.2) is 4.98 Å². The summed E-state index contributed by atoms with van der Waals surface area (Å²) in [7, 11) is 0. The Balaban J connectivity index is 2.44. The average Bonchev–Trinajstić information content (AvgIpc) is 2.50. The van der Waals surface area contributed by atoms with Gasteiger partial charge in [-0.2, -0.15) is 4.37 Å². The summed E-state index contributed by atoms with van der Waals surface area (Å²) in [6, 6.07) is 0. The van der Waals surface area contributed by atoms with Crippen LogP contribution in [0.25, 0.3) is 0 Å². The molecule has 1 heterocycles. The second-order valence-electron chi connectivity index (χ2n) is 3.08. The van der Waals surface area contributed by atoms with Gasteiger partial charge in [0.25, 0.3) is 0 Å². The van der Waals surface area contributed by atoms with Gasteiger partial charge in [-0.15, -0.1) is 0 Å². The third-order valence-corrected chi connectivity index (χ3v) is 2.19. The second kappa shape index (κ2) is 4.97. The Hall–Kier alpha value is -0.900. The lowest BCUT2D eigenvalue weighted by Crippen LogP contribution is -2.01. The molecule has 0 fully saturated rings. The van der Waals surface area contributed by atoms with Crippen LogP contribution in [0.1, 0.15) is 26.1 Å². The summed E-state index contributed by atoms with van der Waals surface area (Å²) in [5.41, 5.74) is 1.10. The van der Waals surface area contributed by atoms with Gasteiger partial charge in [0.2, 0.25) is 5.13 Å². The standard InChI is InChI=1S/C9H15N3S/c1-4-5-8-11-9(13-12-8)10-6-7(2)3/h2,4-6H2,1,3H3,(H,10,11,12). The Bertz CT molecular complexity index is 280. The van der Waals surface area contributed by atoms with Crippen LogP contribution in [0, 0.1) is 0 Å². The molecule has 13 heavy (non-hydrogen) atoms. The highest BCUT2D eigenvalue weighted by molar-refractivity contribution is 7.09. The van der Waals surface area contributed by atoms with E-state index in [0.29, 0.717) is 0 Å². The number of nitrogens with zero attached hydrogens (tertiary/aromatic N) is 2. The summed E-state index contributed by atoms with van der Waals surface area (Å²) in [6.45, 7) is 8.70. The van der Waals surface area contributed by atoms with E-state index in [1.807, 2.05) is 6.92 Å². The Morgan fingerprint density at radius 3 is 3.00 bits per heavy atom. The van der Waals surface area contributed by atoms with E-state index in [4.69, 9.17) is 0 Å². The van der Waals surface area contributed by atoms with Gasteiger partial charge in [-0.3, -0.25) is 0 Å². The molecular weight excluding hydrogens is 182 g/mol. The molecule has 0 amide bonds. The largest absolute Gasteiger partial charge is 0.357 e. The van der Waals surface area contributed by atoms with Crippen molar-refractivity contribution >= 4 is 16.7 Å². The zero-order valence-electron chi connectivity index (χ0n) is 8.13. The molecule has 1 aromatic rings. The second-order valence-corrected chi connectivity index (χ2v) is 3.83. The van der Waals surface area contributed by atoms with Gasteiger partial charge in [0.15, 0.2) is 0 Å². The number of nitrogens with one attached hydrogen (secondary N) is 1. The molecule has 0 saturated heterocycles. The van der Waals surface area contributed by atoms with Crippen molar-refractivity contribution in [2.24, 2.45) is 0 Å². The lowest BCUT2D eigenvalue weighted by molar-refractivity contribution is 0.861. The highest BCUT2D eigenvalue weighted by Gasteiger charge is 2.01. The quantitative estimate of drug-likeness (QED) is 0.737. The van der Waals surface area contributed by atoms with Crippen LogP contribution in [0.5, 0.6) is 0 Å². The molecule has 0 bridgehead atoms. The summed E-state index contributed by atoms with van der Waals surface area (Å²) in [5.74, 6) is 0.941. The minimum absolute atomic E-state index is 0.779. The van der Waals surface area contributed by atoms with Gasteiger partial charge in [0.05, 0.1) is 0 Å². The van der Waals surface area contributed by atoms with Crippen molar-refractivity contribution in [1.82, 2.24) is 9.36 Å². The topological polar surface area (TPSA) is 37.8 Å². The molecule has 1 N–H and O–H groups in total. The third-order valence-electron chi connectivity index (χ3n) is 1.48. The number of anilines is 1. The predicted molar refractivity (Wildman–Crippen MR) is 57.2 cm³/mol. The fraction of sp³-hybridized carbons (Fsp3) is 0.556. The highest BCUT2D eigenvalue weighted by Crippen LogP contribution is 2.12. The van der Waals surface area contributed by atoms with Crippen molar-refractivity contribution in [2.75, 3.05) is 11.9 Å². The molecule has 0 saturated carbocycles. The maximum atomic E-state index is 4.33. The number of hydrogen-bond acceptors (Lipinski definition) is 4.